The van der Waals surface area contributed by atoms with Crippen molar-refractivity contribution in [3.8, 4) is 0 Å². The van der Waals surface area contributed by atoms with Gasteiger partial charge in [0, 0.05) is 19.3 Å². The molecule has 2 rings (SSSR count). The average molecular weight is 234 g/mol. The van der Waals surface area contributed by atoms with Crippen LogP contribution in [0.2, 0.25) is 0 Å². The van der Waals surface area contributed by atoms with E-state index in [0.717, 1.165) is 24.8 Å². The maximum Gasteiger partial charge on any atom is 0.224 e. The van der Waals surface area contributed by atoms with Gasteiger partial charge in [0.05, 0.1) is 0 Å². The van der Waals surface area contributed by atoms with E-state index in [-0.39, 0.29) is 0 Å². The van der Waals surface area contributed by atoms with E-state index in [9.17, 15) is 0 Å². The Kier molecular flexibility index (Phi) is 4.59. The third-order valence-electron chi connectivity index (χ3n) is 3.29. The molecule has 0 unspecified atom stereocenters. The summed E-state index contributed by atoms with van der Waals surface area (Å²) in [5, 5.41) is 6.55. The molecule has 4 heteroatoms. The molecule has 0 atom stereocenters. The summed E-state index contributed by atoms with van der Waals surface area (Å²) in [5.41, 5.74) is 0. The van der Waals surface area contributed by atoms with Crippen molar-refractivity contribution in [3.05, 3.63) is 12.3 Å². The highest BCUT2D eigenvalue weighted by Gasteiger charge is 2.13. The molecular weight excluding hydrogens is 212 g/mol. The molecule has 1 aromatic rings. The lowest BCUT2D eigenvalue weighted by atomic mass is 9.89. The zero-order valence-electron chi connectivity index (χ0n) is 10.6. The second-order valence-electron chi connectivity index (χ2n) is 4.68. The van der Waals surface area contributed by atoms with Crippen LogP contribution in [0.4, 0.5) is 11.8 Å². The second-order valence-corrected chi connectivity index (χ2v) is 4.68. The molecule has 0 saturated heterocycles. The van der Waals surface area contributed by atoms with Gasteiger partial charge in [-0.1, -0.05) is 19.3 Å². The molecule has 0 radical (unpaired) electrons. The van der Waals surface area contributed by atoms with Gasteiger partial charge in [-0.25, -0.2) is 4.98 Å². The lowest BCUT2D eigenvalue weighted by Gasteiger charge is -2.21. The topological polar surface area (TPSA) is 49.8 Å². The molecule has 1 fully saturated rings. The molecule has 2 N–H and O–H groups in total. The maximum atomic E-state index is 4.41. The highest BCUT2D eigenvalue weighted by molar-refractivity contribution is 5.39. The number of anilines is 2. The predicted molar refractivity (Wildman–Crippen MR) is 71.3 cm³/mol. The molecule has 0 aromatic carbocycles. The monoisotopic (exact) mass is 234 g/mol. The van der Waals surface area contributed by atoms with E-state index in [4.69, 9.17) is 0 Å². The minimum Gasteiger partial charge on any atom is -0.370 e. The standard InChI is InChI=1S/C13H22N4/c1-2-14-13-15-9-8-12(17-13)16-10-11-6-4-3-5-7-11/h8-9,11H,2-7,10H2,1H3,(H2,14,15,16,17). The first-order chi connectivity index (χ1) is 8.38. The first-order valence-electron chi connectivity index (χ1n) is 6.69. The molecule has 1 saturated carbocycles. The van der Waals surface area contributed by atoms with Gasteiger partial charge in [-0.15, -0.1) is 0 Å². The molecule has 0 spiro atoms. The molecule has 0 bridgehead atoms. The van der Waals surface area contributed by atoms with Gasteiger partial charge >= 0.3 is 0 Å². The Morgan fingerprint density at radius 3 is 2.82 bits per heavy atom. The smallest absolute Gasteiger partial charge is 0.224 e. The second kappa shape index (κ2) is 6.42. The van der Waals surface area contributed by atoms with E-state index in [2.05, 4.69) is 20.6 Å². The van der Waals surface area contributed by atoms with Crippen LogP contribution in [0.15, 0.2) is 12.3 Å². The van der Waals surface area contributed by atoms with Crippen LogP contribution in [0.1, 0.15) is 39.0 Å². The number of nitrogens with zero attached hydrogens (tertiary/aromatic N) is 2. The first-order valence-corrected chi connectivity index (χ1v) is 6.69. The van der Waals surface area contributed by atoms with Gasteiger partial charge in [-0.3, -0.25) is 0 Å². The van der Waals surface area contributed by atoms with E-state index in [1.807, 2.05) is 13.0 Å². The Morgan fingerprint density at radius 2 is 2.06 bits per heavy atom. The van der Waals surface area contributed by atoms with Crippen LogP contribution >= 0.6 is 0 Å². The molecule has 94 valence electrons. The van der Waals surface area contributed by atoms with E-state index in [1.165, 1.54) is 32.1 Å². The van der Waals surface area contributed by atoms with Crippen LogP contribution in [0.5, 0.6) is 0 Å². The number of aromatic nitrogens is 2. The molecule has 0 aliphatic heterocycles. The Bertz CT molecular complexity index is 334. The molecule has 1 aliphatic rings. The summed E-state index contributed by atoms with van der Waals surface area (Å²) in [4.78, 5) is 8.58. The normalized spacial score (nSPS) is 16.8. The van der Waals surface area contributed by atoms with Crippen LogP contribution in [0.3, 0.4) is 0 Å². The van der Waals surface area contributed by atoms with Gasteiger partial charge in [0.2, 0.25) is 5.95 Å². The lowest BCUT2D eigenvalue weighted by Crippen LogP contribution is -2.18. The first kappa shape index (κ1) is 12.1. The highest BCUT2D eigenvalue weighted by atomic mass is 15.1. The zero-order chi connectivity index (χ0) is 11.9. The van der Waals surface area contributed by atoms with Gasteiger partial charge in [0.25, 0.3) is 0 Å². The summed E-state index contributed by atoms with van der Waals surface area (Å²) in [6.07, 6.45) is 8.70. The quantitative estimate of drug-likeness (QED) is 0.822. The maximum absolute atomic E-state index is 4.41. The average Bonchev–Trinajstić information content (AvgIpc) is 2.39. The summed E-state index contributed by atoms with van der Waals surface area (Å²) >= 11 is 0. The molecule has 0 amide bonds. The number of rotatable bonds is 5. The fourth-order valence-electron chi connectivity index (χ4n) is 2.34. The summed E-state index contributed by atoms with van der Waals surface area (Å²) in [6.45, 7) is 3.94. The third kappa shape index (κ3) is 3.88. The van der Waals surface area contributed by atoms with Crippen molar-refractivity contribution < 1.29 is 0 Å². The largest absolute Gasteiger partial charge is 0.370 e. The molecule has 17 heavy (non-hydrogen) atoms. The molecule has 4 nitrogen and oxygen atoms in total. The van der Waals surface area contributed by atoms with Gasteiger partial charge in [0.1, 0.15) is 5.82 Å². The Hall–Kier alpha value is -1.32. The summed E-state index contributed by atoms with van der Waals surface area (Å²) < 4.78 is 0. The van der Waals surface area contributed by atoms with Crippen molar-refractivity contribution in [2.24, 2.45) is 5.92 Å². The Labute approximate surface area is 103 Å². The van der Waals surface area contributed by atoms with Gasteiger partial charge < -0.3 is 10.6 Å². The fourth-order valence-corrected chi connectivity index (χ4v) is 2.34. The molecule has 1 aliphatic carbocycles. The van der Waals surface area contributed by atoms with Gasteiger partial charge in [0.15, 0.2) is 0 Å². The van der Waals surface area contributed by atoms with Crippen LogP contribution in [-0.2, 0) is 0 Å². The van der Waals surface area contributed by atoms with Crippen LogP contribution in [-0.4, -0.2) is 23.1 Å². The van der Waals surface area contributed by atoms with Crippen molar-refractivity contribution >= 4 is 11.8 Å². The van der Waals surface area contributed by atoms with Crippen LogP contribution in [0, 0.1) is 5.92 Å². The van der Waals surface area contributed by atoms with Crippen molar-refractivity contribution in [2.45, 2.75) is 39.0 Å². The number of nitrogens with one attached hydrogen (secondary N) is 2. The van der Waals surface area contributed by atoms with Gasteiger partial charge in [-0.2, -0.15) is 4.98 Å². The summed E-state index contributed by atoms with van der Waals surface area (Å²) in [7, 11) is 0. The van der Waals surface area contributed by atoms with E-state index < -0.39 is 0 Å². The minimum atomic E-state index is 0.709. The van der Waals surface area contributed by atoms with Crippen molar-refractivity contribution in [3.63, 3.8) is 0 Å². The van der Waals surface area contributed by atoms with E-state index >= 15 is 0 Å². The van der Waals surface area contributed by atoms with Crippen molar-refractivity contribution in [1.82, 2.24) is 9.97 Å². The van der Waals surface area contributed by atoms with Crippen LogP contribution < -0.4 is 10.6 Å². The molecular formula is C13H22N4. The van der Waals surface area contributed by atoms with E-state index in [1.54, 1.807) is 6.20 Å². The van der Waals surface area contributed by atoms with Gasteiger partial charge in [-0.05, 0) is 31.7 Å². The summed E-state index contributed by atoms with van der Waals surface area (Å²) in [5.74, 6) is 2.46. The highest BCUT2D eigenvalue weighted by Crippen LogP contribution is 2.23. The predicted octanol–water partition coefficient (Wildman–Crippen LogP) is 2.90. The molecule has 1 aromatic heterocycles. The van der Waals surface area contributed by atoms with Crippen molar-refractivity contribution in [1.29, 1.82) is 0 Å². The van der Waals surface area contributed by atoms with Crippen molar-refractivity contribution in [2.75, 3.05) is 23.7 Å². The zero-order valence-corrected chi connectivity index (χ0v) is 10.6. The Balaban J connectivity index is 1.83. The molecule has 1 heterocycles. The van der Waals surface area contributed by atoms with Crippen LogP contribution in [0.25, 0.3) is 0 Å². The fraction of sp³-hybridized carbons (Fsp3) is 0.692. The Morgan fingerprint density at radius 1 is 1.24 bits per heavy atom. The lowest BCUT2D eigenvalue weighted by molar-refractivity contribution is 0.373. The third-order valence-corrected chi connectivity index (χ3v) is 3.29. The minimum absolute atomic E-state index is 0.709. The number of hydrogen-bond donors (Lipinski definition) is 2. The SMILES string of the molecule is CCNc1nccc(NCC2CCCCC2)n1. The van der Waals surface area contributed by atoms with E-state index in [0.29, 0.717) is 5.95 Å². The number of hydrogen-bond acceptors (Lipinski definition) is 4. The summed E-state index contributed by atoms with van der Waals surface area (Å²) in [6, 6.07) is 1.93.